The van der Waals surface area contributed by atoms with Crippen LogP contribution in [0.5, 0.6) is 0 Å². The summed E-state index contributed by atoms with van der Waals surface area (Å²) >= 11 is 0. The van der Waals surface area contributed by atoms with E-state index in [0.29, 0.717) is 19.8 Å². The van der Waals surface area contributed by atoms with Gasteiger partial charge in [0, 0.05) is 25.9 Å². The maximum absolute atomic E-state index is 9.68. The monoisotopic (exact) mass is 302 g/mol. The second-order valence-electron chi connectivity index (χ2n) is 4.39. The maximum Gasteiger partial charge on any atom is 0.500 e. The summed E-state index contributed by atoms with van der Waals surface area (Å²) in [7, 11) is -2.57. The van der Waals surface area contributed by atoms with Gasteiger partial charge in [0.05, 0.1) is 6.26 Å². The molecule has 20 heavy (non-hydrogen) atoms. The van der Waals surface area contributed by atoms with Gasteiger partial charge < -0.3 is 23.1 Å². The van der Waals surface area contributed by atoms with Crippen molar-refractivity contribution in [3.05, 3.63) is 24.0 Å². The second kappa shape index (κ2) is 9.31. The number of ether oxygens (including phenoxy) is 1. The van der Waals surface area contributed by atoms with Crippen molar-refractivity contribution in [2.45, 2.75) is 45.9 Å². The van der Waals surface area contributed by atoms with Gasteiger partial charge in [0.2, 0.25) is 6.29 Å². The van der Waals surface area contributed by atoms with Crippen molar-refractivity contribution in [1.29, 1.82) is 0 Å². The molecule has 0 aromatic carbocycles. The number of aliphatic hydroxyl groups is 1. The van der Waals surface area contributed by atoms with E-state index in [-0.39, 0.29) is 0 Å². The smallest absolute Gasteiger partial charge is 0.469 e. The van der Waals surface area contributed by atoms with Crippen LogP contribution in [0.1, 0.15) is 33.6 Å². The van der Waals surface area contributed by atoms with E-state index < -0.39 is 15.1 Å². The van der Waals surface area contributed by atoms with Gasteiger partial charge >= 0.3 is 8.80 Å². The third kappa shape index (κ3) is 5.38. The van der Waals surface area contributed by atoms with Crippen LogP contribution < -0.4 is 0 Å². The second-order valence-corrected chi connectivity index (χ2v) is 7.13. The number of hydrogen-bond donors (Lipinski definition) is 1. The van der Waals surface area contributed by atoms with E-state index in [1.807, 2.05) is 26.8 Å². The van der Waals surface area contributed by atoms with E-state index in [1.165, 1.54) is 6.26 Å². The zero-order valence-electron chi connectivity index (χ0n) is 12.6. The Morgan fingerprint density at radius 1 is 1.15 bits per heavy atom. The van der Waals surface area contributed by atoms with Crippen LogP contribution in [0.15, 0.2) is 24.0 Å². The van der Waals surface area contributed by atoms with Gasteiger partial charge in [-0.3, -0.25) is 0 Å². The molecule has 1 aliphatic rings. The predicted molar refractivity (Wildman–Crippen MR) is 79.0 cm³/mol. The lowest BCUT2D eigenvalue weighted by Crippen LogP contribution is -2.45. The number of rotatable bonds is 10. The Balaban J connectivity index is 2.52. The van der Waals surface area contributed by atoms with Crippen LogP contribution in [0, 0.1) is 0 Å². The van der Waals surface area contributed by atoms with Gasteiger partial charge in [-0.1, -0.05) is 6.08 Å². The number of aliphatic hydroxyl groups excluding tert-OH is 1. The summed E-state index contributed by atoms with van der Waals surface area (Å²) < 4.78 is 22.4. The van der Waals surface area contributed by atoms with Crippen LogP contribution in [0.2, 0.25) is 6.04 Å². The van der Waals surface area contributed by atoms with Crippen molar-refractivity contribution in [2.24, 2.45) is 0 Å². The van der Waals surface area contributed by atoms with E-state index in [2.05, 4.69) is 0 Å². The van der Waals surface area contributed by atoms with Gasteiger partial charge in [-0.05, 0) is 45.3 Å². The molecule has 1 heterocycles. The van der Waals surface area contributed by atoms with Crippen molar-refractivity contribution in [1.82, 2.24) is 0 Å². The predicted octanol–water partition coefficient (Wildman–Crippen LogP) is 2.60. The van der Waals surface area contributed by atoms with E-state index in [9.17, 15) is 5.11 Å². The minimum absolute atomic E-state index is 0.587. The summed E-state index contributed by atoms with van der Waals surface area (Å²) in [6.45, 7) is 7.61. The standard InChI is InChI=1S/C14H26O5Si/c1-4-17-20(18-5-2,19-6-3)12-8-10-13-9-7-11-16-14(13)15/h7,9,11,14-15H,4-6,8,10,12H2,1-3H3. The summed E-state index contributed by atoms with van der Waals surface area (Å²) in [5.41, 5.74) is 0.875. The summed E-state index contributed by atoms with van der Waals surface area (Å²) in [5, 5.41) is 9.68. The molecule has 116 valence electrons. The van der Waals surface area contributed by atoms with E-state index in [0.717, 1.165) is 24.5 Å². The fraction of sp³-hybridized carbons (Fsp3) is 0.714. The Hall–Kier alpha value is -0.663. The molecular formula is C14H26O5Si. The topological polar surface area (TPSA) is 57.2 Å². The van der Waals surface area contributed by atoms with E-state index in [4.69, 9.17) is 18.0 Å². The Kier molecular flexibility index (Phi) is 8.09. The van der Waals surface area contributed by atoms with Crippen LogP contribution in [0.3, 0.4) is 0 Å². The van der Waals surface area contributed by atoms with Crippen LogP contribution in [-0.2, 0) is 18.0 Å². The van der Waals surface area contributed by atoms with Crippen LogP contribution in [-0.4, -0.2) is 40.0 Å². The molecule has 0 spiro atoms. The molecule has 1 aliphatic heterocycles. The van der Waals surface area contributed by atoms with Crippen molar-refractivity contribution >= 4 is 8.80 Å². The Labute approximate surface area is 122 Å². The lowest BCUT2D eigenvalue weighted by Gasteiger charge is -2.28. The fourth-order valence-electron chi connectivity index (χ4n) is 2.17. The minimum atomic E-state index is -2.57. The zero-order valence-corrected chi connectivity index (χ0v) is 13.6. The van der Waals surface area contributed by atoms with Crippen LogP contribution in [0.25, 0.3) is 0 Å². The Morgan fingerprint density at radius 2 is 1.75 bits per heavy atom. The summed E-state index contributed by atoms with van der Waals surface area (Å²) in [4.78, 5) is 0. The molecule has 0 saturated carbocycles. The largest absolute Gasteiger partial charge is 0.500 e. The summed E-state index contributed by atoms with van der Waals surface area (Å²) in [6, 6.07) is 0.746. The SMILES string of the molecule is CCO[Si](CCCC1=CC=COC1O)(OCC)OCC. The zero-order chi connectivity index (χ0) is 14.8. The Morgan fingerprint density at radius 3 is 2.25 bits per heavy atom. The van der Waals surface area contributed by atoms with Crippen molar-refractivity contribution in [2.75, 3.05) is 19.8 Å². The maximum atomic E-state index is 9.68. The van der Waals surface area contributed by atoms with E-state index in [1.54, 1.807) is 6.08 Å². The van der Waals surface area contributed by atoms with Gasteiger partial charge in [0.1, 0.15) is 0 Å². The van der Waals surface area contributed by atoms with Crippen LogP contribution >= 0.6 is 0 Å². The van der Waals surface area contributed by atoms with Gasteiger partial charge in [0.15, 0.2) is 0 Å². The molecule has 0 aromatic rings. The molecule has 0 saturated heterocycles. The molecule has 1 rings (SSSR count). The third-order valence-corrected chi connectivity index (χ3v) is 6.11. The summed E-state index contributed by atoms with van der Waals surface area (Å²) in [6.07, 6.45) is 5.93. The Bertz CT molecular complexity index is 313. The van der Waals surface area contributed by atoms with Crippen molar-refractivity contribution in [3.63, 3.8) is 0 Å². The number of allylic oxidation sites excluding steroid dienone is 2. The molecule has 6 heteroatoms. The molecule has 1 atom stereocenters. The van der Waals surface area contributed by atoms with Gasteiger partial charge in [-0.2, -0.15) is 0 Å². The molecule has 0 aromatic heterocycles. The normalized spacial score (nSPS) is 18.8. The molecule has 1 unspecified atom stereocenters. The fourth-order valence-corrected chi connectivity index (χ4v) is 4.78. The molecule has 0 amide bonds. The first-order valence-corrected chi connectivity index (χ1v) is 9.21. The molecule has 0 bridgehead atoms. The lowest BCUT2D eigenvalue weighted by atomic mass is 10.1. The number of hydrogen-bond acceptors (Lipinski definition) is 5. The molecule has 0 radical (unpaired) electrons. The molecule has 1 N–H and O–H groups in total. The first-order chi connectivity index (χ1) is 9.67. The average molecular weight is 302 g/mol. The van der Waals surface area contributed by atoms with Gasteiger partial charge in [-0.25, -0.2) is 0 Å². The first kappa shape index (κ1) is 17.4. The molecule has 0 aliphatic carbocycles. The molecule has 0 fully saturated rings. The van der Waals surface area contributed by atoms with Gasteiger partial charge in [0.25, 0.3) is 0 Å². The van der Waals surface area contributed by atoms with Crippen molar-refractivity contribution in [3.8, 4) is 0 Å². The van der Waals surface area contributed by atoms with Crippen molar-refractivity contribution < 1.29 is 23.1 Å². The minimum Gasteiger partial charge on any atom is -0.469 e. The van der Waals surface area contributed by atoms with Crippen LogP contribution in [0.4, 0.5) is 0 Å². The highest BCUT2D eigenvalue weighted by atomic mass is 28.4. The third-order valence-electron chi connectivity index (χ3n) is 2.95. The molecular weight excluding hydrogens is 276 g/mol. The average Bonchev–Trinajstić information content (AvgIpc) is 2.42. The van der Waals surface area contributed by atoms with Gasteiger partial charge in [-0.15, -0.1) is 0 Å². The lowest BCUT2D eigenvalue weighted by molar-refractivity contribution is -0.0256. The highest BCUT2D eigenvalue weighted by Gasteiger charge is 2.39. The quantitative estimate of drug-likeness (QED) is 0.629. The summed E-state index contributed by atoms with van der Waals surface area (Å²) in [5.74, 6) is 0. The highest BCUT2D eigenvalue weighted by Crippen LogP contribution is 2.23. The first-order valence-electron chi connectivity index (χ1n) is 7.28. The van der Waals surface area contributed by atoms with E-state index >= 15 is 0 Å². The molecule has 5 nitrogen and oxygen atoms in total. The highest BCUT2D eigenvalue weighted by molar-refractivity contribution is 6.60.